The van der Waals surface area contributed by atoms with Gasteiger partial charge in [0.25, 0.3) is 0 Å². The fourth-order valence-corrected chi connectivity index (χ4v) is 3.66. The second kappa shape index (κ2) is 25.0. The van der Waals surface area contributed by atoms with Crippen LogP contribution >= 0.6 is 0 Å². The molecule has 0 saturated carbocycles. The Morgan fingerprint density at radius 2 is 1.11 bits per heavy atom. The van der Waals surface area contributed by atoms with E-state index in [0.29, 0.717) is 6.54 Å². The zero-order valence-corrected chi connectivity index (χ0v) is 22.9. The standard InChI is InChI=1S/C32H53NO2/c1-4-7-10-13-14-15-16-17-18-19-20-21-22-23-24-27-31(34)33-30-32(35,28-25-11-8-5-2)29-26-12-9-6-3/h10,13-17,20-24,27,35H,4-9,11-12,18-19,25-26,28-30H2,1-3H3,(H,33,34). The minimum atomic E-state index is -0.792. The predicted molar refractivity (Wildman–Crippen MR) is 154 cm³/mol. The predicted octanol–water partition coefficient (Wildman–Crippen LogP) is 8.69. The molecule has 3 heteroatoms. The number of amides is 1. The van der Waals surface area contributed by atoms with Gasteiger partial charge in [-0.1, -0.05) is 145 Å². The van der Waals surface area contributed by atoms with Crippen LogP contribution in [0.2, 0.25) is 0 Å². The molecule has 2 N–H and O–H groups in total. The Balaban J connectivity index is 4.25. The number of aliphatic hydroxyl groups is 1. The molecule has 3 nitrogen and oxygen atoms in total. The average Bonchev–Trinajstić information content (AvgIpc) is 2.86. The van der Waals surface area contributed by atoms with Gasteiger partial charge in [-0.05, 0) is 32.1 Å². The van der Waals surface area contributed by atoms with Crippen molar-refractivity contribution >= 4 is 5.91 Å². The summed E-state index contributed by atoms with van der Waals surface area (Å²) in [6.07, 6.45) is 38.8. The molecule has 1 amide bonds. The van der Waals surface area contributed by atoms with Crippen molar-refractivity contribution in [3.05, 3.63) is 72.9 Å². The molecule has 0 heterocycles. The van der Waals surface area contributed by atoms with Crippen LogP contribution in [-0.2, 0) is 4.79 Å². The number of rotatable bonds is 22. The molecular formula is C32H53NO2. The van der Waals surface area contributed by atoms with Gasteiger partial charge in [0, 0.05) is 12.6 Å². The van der Waals surface area contributed by atoms with E-state index < -0.39 is 5.60 Å². The van der Waals surface area contributed by atoms with E-state index in [2.05, 4.69) is 68.6 Å². The van der Waals surface area contributed by atoms with Gasteiger partial charge in [-0.15, -0.1) is 0 Å². The topological polar surface area (TPSA) is 49.3 Å². The number of unbranched alkanes of at least 4 members (excludes halogenated alkanes) is 8. The first-order valence-corrected chi connectivity index (χ1v) is 14.1. The summed E-state index contributed by atoms with van der Waals surface area (Å²) in [5, 5.41) is 14.0. The van der Waals surface area contributed by atoms with E-state index in [1.807, 2.05) is 18.2 Å². The lowest BCUT2D eigenvalue weighted by Gasteiger charge is -2.28. The Morgan fingerprint density at radius 3 is 1.60 bits per heavy atom. The molecule has 0 aliphatic heterocycles. The van der Waals surface area contributed by atoms with Crippen LogP contribution in [0.5, 0.6) is 0 Å². The first kappa shape index (κ1) is 32.9. The molecule has 0 aromatic rings. The van der Waals surface area contributed by atoms with Gasteiger partial charge in [-0.25, -0.2) is 0 Å². The number of nitrogens with one attached hydrogen (secondary N) is 1. The summed E-state index contributed by atoms with van der Waals surface area (Å²) in [7, 11) is 0. The minimum Gasteiger partial charge on any atom is -0.388 e. The molecule has 0 rings (SSSR count). The van der Waals surface area contributed by atoms with Gasteiger partial charge < -0.3 is 10.4 Å². The number of carbonyl (C=O) groups is 1. The maximum Gasteiger partial charge on any atom is 0.244 e. The third-order valence-electron chi connectivity index (χ3n) is 5.86. The van der Waals surface area contributed by atoms with Crippen LogP contribution in [0.3, 0.4) is 0 Å². The number of hydrogen-bond donors (Lipinski definition) is 2. The van der Waals surface area contributed by atoms with Crippen LogP contribution in [0.25, 0.3) is 0 Å². The van der Waals surface area contributed by atoms with Crippen LogP contribution in [0.4, 0.5) is 0 Å². The van der Waals surface area contributed by atoms with Crippen molar-refractivity contribution in [2.75, 3.05) is 6.54 Å². The van der Waals surface area contributed by atoms with Crippen molar-refractivity contribution in [3.63, 3.8) is 0 Å². The Kier molecular flexibility index (Phi) is 23.5. The Morgan fingerprint density at radius 1 is 0.629 bits per heavy atom. The van der Waals surface area contributed by atoms with E-state index in [1.54, 1.807) is 6.08 Å². The zero-order valence-electron chi connectivity index (χ0n) is 22.9. The summed E-state index contributed by atoms with van der Waals surface area (Å²) in [5.41, 5.74) is -0.792. The van der Waals surface area contributed by atoms with Crippen molar-refractivity contribution in [1.29, 1.82) is 0 Å². The quantitative estimate of drug-likeness (QED) is 0.0919. The van der Waals surface area contributed by atoms with Gasteiger partial charge >= 0.3 is 0 Å². The second-order valence-electron chi connectivity index (χ2n) is 9.34. The summed E-state index contributed by atoms with van der Waals surface area (Å²) in [6.45, 7) is 6.90. The molecule has 0 aromatic carbocycles. The highest BCUT2D eigenvalue weighted by Gasteiger charge is 2.26. The largest absolute Gasteiger partial charge is 0.388 e. The van der Waals surface area contributed by atoms with E-state index in [-0.39, 0.29) is 5.91 Å². The van der Waals surface area contributed by atoms with E-state index >= 15 is 0 Å². The van der Waals surface area contributed by atoms with E-state index in [1.165, 1.54) is 38.2 Å². The normalized spacial score (nSPS) is 13.1. The van der Waals surface area contributed by atoms with Crippen molar-refractivity contribution < 1.29 is 9.90 Å². The van der Waals surface area contributed by atoms with Gasteiger partial charge in [0.1, 0.15) is 0 Å². The van der Waals surface area contributed by atoms with E-state index in [0.717, 1.165) is 57.8 Å². The van der Waals surface area contributed by atoms with Crippen molar-refractivity contribution in [2.45, 2.75) is 116 Å². The third-order valence-corrected chi connectivity index (χ3v) is 5.86. The van der Waals surface area contributed by atoms with Gasteiger partial charge in [-0.2, -0.15) is 0 Å². The van der Waals surface area contributed by atoms with Gasteiger partial charge in [0.05, 0.1) is 5.60 Å². The van der Waals surface area contributed by atoms with Crippen LogP contribution in [-0.4, -0.2) is 23.2 Å². The molecule has 0 radical (unpaired) electrons. The van der Waals surface area contributed by atoms with Crippen LogP contribution < -0.4 is 5.32 Å². The Labute approximate surface area is 216 Å². The smallest absolute Gasteiger partial charge is 0.244 e. The van der Waals surface area contributed by atoms with Crippen LogP contribution in [0.15, 0.2) is 72.9 Å². The molecule has 0 aliphatic carbocycles. The number of allylic oxidation sites excluding steroid dienone is 11. The maximum atomic E-state index is 12.2. The van der Waals surface area contributed by atoms with Crippen molar-refractivity contribution in [2.24, 2.45) is 0 Å². The molecule has 0 aromatic heterocycles. The van der Waals surface area contributed by atoms with Crippen molar-refractivity contribution in [1.82, 2.24) is 5.32 Å². The summed E-state index contributed by atoms with van der Waals surface area (Å²) >= 11 is 0. The molecule has 0 unspecified atom stereocenters. The average molecular weight is 484 g/mol. The SMILES string of the molecule is CCCC=CC=CC=CCCC=CC=CC=CC(=O)NCC(O)(CCCCCC)CCCCCC. The molecule has 35 heavy (non-hydrogen) atoms. The first-order chi connectivity index (χ1) is 17.1. The van der Waals surface area contributed by atoms with Crippen LogP contribution in [0.1, 0.15) is 111 Å². The van der Waals surface area contributed by atoms with Gasteiger partial charge in [0.15, 0.2) is 0 Å². The summed E-state index contributed by atoms with van der Waals surface area (Å²) in [4.78, 5) is 12.2. The first-order valence-electron chi connectivity index (χ1n) is 14.1. The molecule has 0 saturated heterocycles. The lowest BCUT2D eigenvalue weighted by molar-refractivity contribution is -0.118. The summed E-state index contributed by atoms with van der Waals surface area (Å²) in [6, 6.07) is 0. The number of hydrogen-bond acceptors (Lipinski definition) is 2. The lowest BCUT2D eigenvalue weighted by Crippen LogP contribution is -2.42. The van der Waals surface area contributed by atoms with Crippen molar-refractivity contribution in [3.8, 4) is 0 Å². The molecule has 0 bridgehead atoms. The Bertz CT molecular complexity index is 655. The highest BCUT2D eigenvalue weighted by molar-refractivity contribution is 5.87. The molecule has 198 valence electrons. The van der Waals surface area contributed by atoms with Gasteiger partial charge in [-0.3, -0.25) is 4.79 Å². The fraction of sp³-hybridized carbons (Fsp3) is 0.594. The molecule has 0 fully saturated rings. The minimum absolute atomic E-state index is 0.151. The third kappa shape index (κ3) is 23.4. The van der Waals surface area contributed by atoms with E-state index in [4.69, 9.17) is 0 Å². The van der Waals surface area contributed by atoms with Gasteiger partial charge in [0.2, 0.25) is 5.91 Å². The maximum absolute atomic E-state index is 12.2. The van der Waals surface area contributed by atoms with Crippen LogP contribution in [0, 0.1) is 0 Å². The lowest BCUT2D eigenvalue weighted by atomic mass is 9.89. The Hall–Kier alpha value is -2.13. The molecular weight excluding hydrogens is 430 g/mol. The highest BCUT2D eigenvalue weighted by Crippen LogP contribution is 2.22. The molecule has 0 aliphatic rings. The molecule has 0 spiro atoms. The second-order valence-corrected chi connectivity index (χ2v) is 9.34. The van der Waals surface area contributed by atoms with E-state index in [9.17, 15) is 9.90 Å². The highest BCUT2D eigenvalue weighted by atomic mass is 16.3. The zero-order chi connectivity index (χ0) is 25.9. The molecule has 0 atom stereocenters. The monoisotopic (exact) mass is 483 g/mol. The number of carbonyl (C=O) groups excluding carboxylic acids is 1. The summed E-state index contributed by atoms with van der Waals surface area (Å²) in [5.74, 6) is -0.151. The fourth-order valence-electron chi connectivity index (χ4n) is 3.66. The summed E-state index contributed by atoms with van der Waals surface area (Å²) < 4.78 is 0.